The minimum Gasteiger partial charge on any atom is -0.507 e. The van der Waals surface area contributed by atoms with Crippen LogP contribution in [0, 0.1) is 5.92 Å². The smallest absolute Gasteiger partial charge is 0.198 e. The molecule has 0 bridgehead atoms. The zero-order valence-corrected chi connectivity index (χ0v) is 22.4. The third-order valence-corrected chi connectivity index (χ3v) is 8.68. The molecule has 2 heterocycles. The number of carbonyl (C=O) groups excluding carboxylic acids is 4. The number of Topliss-reactive ketones (excluding diaryl/α,β-unsaturated/α-hetero) is 1. The van der Waals surface area contributed by atoms with Crippen molar-refractivity contribution in [2.45, 2.75) is 76.5 Å². The summed E-state index contributed by atoms with van der Waals surface area (Å²) in [6, 6.07) is 4.31. The SMILES string of the molecule is CC1OC(C2CCC(c3ccc4c(c3O)C(=O)c3cc5c(c(O)c3C4=O)CC(C)(O)CC5=O)OC2C)C=CC1=O. The topological polar surface area (TPSA) is 147 Å². The molecule has 1 fully saturated rings. The molecule has 0 saturated carbocycles. The number of benzene rings is 2. The van der Waals surface area contributed by atoms with E-state index in [4.69, 9.17) is 9.47 Å². The zero-order chi connectivity index (χ0) is 28.7. The second-order valence-electron chi connectivity index (χ2n) is 11.6. The number of hydrogen-bond donors (Lipinski definition) is 3. The molecule has 40 heavy (non-hydrogen) atoms. The Labute approximate surface area is 230 Å². The van der Waals surface area contributed by atoms with Gasteiger partial charge in [0.25, 0.3) is 0 Å². The minimum absolute atomic E-state index is 0.00891. The van der Waals surface area contributed by atoms with E-state index in [0.717, 1.165) is 0 Å². The average molecular weight is 547 g/mol. The summed E-state index contributed by atoms with van der Waals surface area (Å²) in [7, 11) is 0. The molecule has 6 rings (SSSR count). The molecular weight excluding hydrogens is 516 g/mol. The first-order valence-electron chi connectivity index (χ1n) is 13.5. The molecule has 0 radical (unpaired) electrons. The predicted molar refractivity (Wildman–Crippen MR) is 141 cm³/mol. The second-order valence-corrected chi connectivity index (χ2v) is 11.6. The zero-order valence-electron chi connectivity index (χ0n) is 22.4. The van der Waals surface area contributed by atoms with Gasteiger partial charge in [-0.25, -0.2) is 0 Å². The molecule has 6 unspecified atom stereocenters. The highest BCUT2D eigenvalue weighted by Crippen LogP contribution is 2.46. The van der Waals surface area contributed by atoms with Crippen molar-refractivity contribution in [1.29, 1.82) is 0 Å². The maximum atomic E-state index is 13.7. The van der Waals surface area contributed by atoms with E-state index in [9.17, 15) is 34.5 Å². The Balaban J connectivity index is 1.33. The first-order valence-corrected chi connectivity index (χ1v) is 13.5. The second kappa shape index (κ2) is 9.19. The molecule has 1 saturated heterocycles. The normalized spacial score (nSPS) is 31.6. The molecule has 2 aromatic carbocycles. The molecule has 0 amide bonds. The Kier molecular flexibility index (Phi) is 6.10. The average Bonchev–Trinajstić information content (AvgIpc) is 2.89. The van der Waals surface area contributed by atoms with Gasteiger partial charge in [0, 0.05) is 46.6 Å². The summed E-state index contributed by atoms with van der Waals surface area (Å²) < 4.78 is 12.1. The highest BCUT2D eigenvalue weighted by Gasteiger charge is 2.43. The lowest BCUT2D eigenvalue weighted by atomic mass is 9.74. The van der Waals surface area contributed by atoms with Crippen molar-refractivity contribution in [2.75, 3.05) is 0 Å². The van der Waals surface area contributed by atoms with E-state index < -0.39 is 40.9 Å². The van der Waals surface area contributed by atoms with E-state index in [1.54, 1.807) is 25.1 Å². The van der Waals surface area contributed by atoms with Gasteiger partial charge in [-0.05, 0) is 51.8 Å². The van der Waals surface area contributed by atoms with Crippen LogP contribution in [0.1, 0.15) is 99.5 Å². The van der Waals surface area contributed by atoms with Gasteiger partial charge in [-0.15, -0.1) is 0 Å². The van der Waals surface area contributed by atoms with E-state index in [1.165, 1.54) is 19.1 Å². The fraction of sp³-hybridized carbons (Fsp3) is 0.419. The van der Waals surface area contributed by atoms with Gasteiger partial charge in [0.05, 0.1) is 35.0 Å². The molecule has 9 nitrogen and oxygen atoms in total. The lowest BCUT2D eigenvalue weighted by Gasteiger charge is -2.40. The van der Waals surface area contributed by atoms with Gasteiger partial charge in [0.1, 0.15) is 17.6 Å². The first kappa shape index (κ1) is 26.6. The summed E-state index contributed by atoms with van der Waals surface area (Å²) in [6.07, 6.45) is 2.64. The molecule has 208 valence electrons. The number of hydrogen-bond acceptors (Lipinski definition) is 9. The van der Waals surface area contributed by atoms with Gasteiger partial charge in [-0.3, -0.25) is 19.2 Å². The number of phenols is 2. The summed E-state index contributed by atoms with van der Waals surface area (Å²) in [5.41, 5.74) is -1.40. The molecule has 9 heteroatoms. The maximum Gasteiger partial charge on any atom is 0.198 e. The number of aromatic hydroxyl groups is 2. The number of rotatable bonds is 2. The Hall–Kier alpha value is -3.66. The highest BCUT2D eigenvalue weighted by molar-refractivity contribution is 6.31. The number of carbonyl (C=O) groups is 4. The Morgan fingerprint density at radius 2 is 1.57 bits per heavy atom. The monoisotopic (exact) mass is 546 g/mol. The summed E-state index contributed by atoms with van der Waals surface area (Å²) in [5.74, 6) is -2.70. The molecule has 0 aromatic heterocycles. The van der Waals surface area contributed by atoms with Crippen molar-refractivity contribution in [3.8, 4) is 11.5 Å². The minimum atomic E-state index is -1.38. The van der Waals surface area contributed by atoms with Gasteiger partial charge >= 0.3 is 0 Å². The fourth-order valence-corrected chi connectivity index (χ4v) is 6.57. The van der Waals surface area contributed by atoms with Crippen LogP contribution in [-0.2, 0) is 20.7 Å². The van der Waals surface area contributed by atoms with Crippen LogP contribution in [0.3, 0.4) is 0 Å². The highest BCUT2D eigenvalue weighted by atomic mass is 16.5. The maximum absolute atomic E-state index is 13.7. The van der Waals surface area contributed by atoms with Crippen molar-refractivity contribution < 1.29 is 44.0 Å². The van der Waals surface area contributed by atoms with Crippen LogP contribution in [0.25, 0.3) is 0 Å². The molecule has 2 aromatic rings. The van der Waals surface area contributed by atoms with Crippen LogP contribution < -0.4 is 0 Å². The summed E-state index contributed by atoms with van der Waals surface area (Å²) >= 11 is 0. The number of phenolic OH excluding ortho intramolecular Hbond substituents is 2. The standard InChI is InChI=1S/C31H30O9/c1-13-15(23-9-7-21(32)14(2)40-23)6-8-24(39-13)16-4-5-17-25(27(16)34)29(36)19-10-18-20(30(37)26(19)28(17)35)11-31(3,38)12-22(18)33/h4-5,7,9-10,13-15,23-24,34,37-38H,6,8,11-12H2,1-3H3. The molecule has 0 spiro atoms. The van der Waals surface area contributed by atoms with Crippen molar-refractivity contribution in [3.63, 3.8) is 0 Å². The molecule has 2 aliphatic heterocycles. The van der Waals surface area contributed by atoms with Crippen LogP contribution in [0.2, 0.25) is 0 Å². The Morgan fingerprint density at radius 1 is 0.875 bits per heavy atom. The molecule has 2 aliphatic carbocycles. The molecular formula is C31H30O9. The van der Waals surface area contributed by atoms with Crippen LogP contribution in [0.5, 0.6) is 11.5 Å². The number of aliphatic hydroxyl groups is 1. The van der Waals surface area contributed by atoms with E-state index in [1.807, 2.05) is 6.92 Å². The van der Waals surface area contributed by atoms with Crippen LogP contribution >= 0.6 is 0 Å². The van der Waals surface area contributed by atoms with E-state index in [-0.39, 0.29) is 75.9 Å². The first-order chi connectivity index (χ1) is 18.9. The van der Waals surface area contributed by atoms with Gasteiger partial charge in [-0.2, -0.15) is 0 Å². The van der Waals surface area contributed by atoms with Crippen molar-refractivity contribution in [1.82, 2.24) is 0 Å². The van der Waals surface area contributed by atoms with E-state index in [0.29, 0.717) is 18.4 Å². The third kappa shape index (κ3) is 4.03. The lowest BCUT2D eigenvalue weighted by molar-refractivity contribution is -0.143. The molecule has 4 aliphatic rings. The molecule has 6 atom stereocenters. The predicted octanol–water partition coefficient (Wildman–Crippen LogP) is 3.52. The van der Waals surface area contributed by atoms with Gasteiger partial charge in [-0.1, -0.05) is 12.1 Å². The number of ether oxygens (including phenoxy) is 2. The van der Waals surface area contributed by atoms with Gasteiger partial charge < -0.3 is 24.8 Å². The van der Waals surface area contributed by atoms with Crippen molar-refractivity contribution >= 4 is 23.1 Å². The molecule has 3 N–H and O–H groups in total. The summed E-state index contributed by atoms with van der Waals surface area (Å²) in [4.78, 5) is 51.7. The Morgan fingerprint density at radius 3 is 2.27 bits per heavy atom. The Bertz CT molecular complexity index is 1530. The lowest BCUT2D eigenvalue weighted by Crippen LogP contribution is -2.41. The number of ketones is 4. The van der Waals surface area contributed by atoms with Gasteiger partial charge in [0.2, 0.25) is 0 Å². The quantitative estimate of drug-likeness (QED) is 0.439. The summed E-state index contributed by atoms with van der Waals surface area (Å²) in [6.45, 7) is 5.09. The van der Waals surface area contributed by atoms with Crippen LogP contribution in [0.4, 0.5) is 0 Å². The van der Waals surface area contributed by atoms with E-state index >= 15 is 0 Å². The van der Waals surface area contributed by atoms with Gasteiger partial charge in [0.15, 0.2) is 23.1 Å². The fourth-order valence-electron chi connectivity index (χ4n) is 6.57. The third-order valence-electron chi connectivity index (χ3n) is 8.68. The van der Waals surface area contributed by atoms with Crippen molar-refractivity contribution in [3.05, 3.63) is 69.3 Å². The largest absolute Gasteiger partial charge is 0.507 e. The number of fused-ring (bicyclic) bond motifs is 3. The van der Waals surface area contributed by atoms with E-state index in [2.05, 4.69) is 0 Å². The van der Waals surface area contributed by atoms with Crippen molar-refractivity contribution in [2.24, 2.45) is 5.92 Å². The van der Waals surface area contributed by atoms with Crippen LogP contribution in [0.15, 0.2) is 30.4 Å². The van der Waals surface area contributed by atoms with Crippen LogP contribution in [-0.4, -0.2) is 62.4 Å². The summed E-state index contributed by atoms with van der Waals surface area (Å²) in [5, 5.41) is 32.8.